The third kappa shape index (κ3) is 2.51. The molecular formula is C19H21NO. The van der Waals surface area contributed by atoms with Gasteiger partial charge in [-0.1, -0.05) is 18.2 Å². The average Bonchev–Trinajstić information content (AvgIpc) is 3.39. The Morgan fingerprint density at radius 3 is 2.52 bits per heavy atom. The van der Waals surface area contributed by atoms with Gasteiger partial charge in [-0.3, -0.25) is 0 Å². The first kappa shape index (κ1) is 12.8. The summed E-state index contributed by atoms with van der Waals surface area (Å²) in [5.74, 6) is 1.88. The molecule has 2 aliphatic rings. The van der Waals surface area contributed by atoms with Gasteiger partial charge in [-0.2, -0.15) is 0 Å². The van der Waals surface area contributed by atoms with Crippen LogP contribution in [0.4, 0.5) is 11.4 Å². The molecular weight excluding hydrogens is 258 g/mol. The molecule has 21 heavy (non-hydrogen) atoms. The van der Waals surface area contributed by atoms with E-state index in [2.05, 4.69) is 54.4 Å². The van der Waals surface area contributed by atoms with E-state index in [0.29, 0.717) is 0 Å². The predicted octanol–water partition coefficient (Wildman–Crippen LogP) is 4.66. The summed E-state index contributed by atoms with van der Waals surface area (Å²) >= 11 is 0. The lowest BCUT2D eigenvalue weighted by molar-refractivity contribution is 0.288. The Kier molecular flexibility index (Phi) is 3.10. The zero-order valence-corrected chi connectivity index (χ0v) is 12.5. The molecule has 0 saturated heterocycles. The van der Waals surface area contributed by atoms with Crippen molar-refractivity contribution in [3.63, 3.8) is 0 Å². The van der Waals surface area contributed by atoms with Crippen LogP contribution in [0.15, 0.2) is 42.5 Å². The van der Waals surface area contributed by atoms with Gasteiger partial charge in [-0.05, 0) is 60.9 Å². The van der Waals surface area contributed by atoms with Crippen LogP contribution in [0, 0.1) is 0 Å². The van der Waals surface area contributed by atoms with E-state index in [0.717, 1.165) is 31.1 Å². The summed E-state index contributed by atoms with van der Waals surface area (Å²) in [6, 6.07) is 15.6. The first-order chi connectivity index (χ1) is 10.3. The molecule has 0 atom stereocenters. The Morgan fingerprint density at radius 2 is 1.76 bits per heavy atom. The molecule has 2 nitrogen and oxygen atoms in total. The fraction of sp³-hybridized carbons (Fsp3) is 0.368. The Morgan fingerprint density at radius 1 is 1.00 bits per heavy atom. The van der Waals surface area contributed by atoms with Gasteiger partial charge in [0.15, 0.2) is 0 Å². The molecule has 2 aromatic rings. The van der Waals surface area contributed by atoms with Gasteiger partial charge in [0.05, 0.1) is 6.61 Å². The van der Waals surface area contributed by atoms with Gasteiger partial charge in [0, 0.05) is 24.5 Å². The van der Waals surface area contributed by atoms with Crippen molar-refractivity contribution >= 4 is 11.4 Å². The summed E-state index contributed by atoms with van der Waals surface area (Å²) in [5.41, 5.74) is 5.24. The van der Waals surface area contributed by atoms with Gasteiger partial charge in [-0.25, -0.2) is 0 Å². The monoisotopic (exact) mass is 279 g/mol. The molecule has 1 aliphatic carbocycles. The van der Waals surface area contributed by atoms with Crippen LogP contribution >= 0.6 is 0 Å². The molecule has 1 fully saturated rings. The van der Waals surface area contributed by atoms with Crippen LogP contribution in [0.25, 0.3) is 0 Å². The molecule has 0 N–H and O–H groups in total. The number of ether oxygens (including phenoxy) is 1. The zero-order chi connectivity index (χ0) is 14.2. The largest absolute Gasteiger partial charge is 0.493 e. The maximum Gasteiger partial charge on any atom is 0.124 e. The topological polar surface area (TPSA) is 12.5 Å². The van der Waals surface area contributed by atoms with Gasteiger partial charge in [0.25, 0.3) is 0 Å². The highest BCUT2D eigenvalue weighted by atomic mass is 16.5. The van der Waals surface area contributed by atoms with E-state index < -0.39 is 0 Å². The van der Waals surface area contributed by atoms with E-state index >= 15 is 0 Å². The molecule has 1 heterocycles. The molecule has 1 aliphatic heterocycles. The first-order valence-electron chi connectivity index (χ1n) is 7.91. The van der Waals surface area contributed by atoms with E-state index in [1.54, 1.807) is 0 Å². The molecule has 2 aromatic carbocycles. The van der Waals surface area contributed by atoms with Crippen LogP contribution in [0.3, 0.4) is 0 Å². The maximum atomic E-state index is 5.78. The molecule has 4 rings (SSSR count). The van der Waals surface area contributed by atoms with Crippen molar-refractivity contribution in [1.29, 1.82) is 0 Å². The number of hydrogen-bond acceptors (Lipinski definition) is 2. The van der Waals surface area contributed by atoms with Crippen LogP contribution in [0.2, 0.25) is 0 Å². The van der Waals surface area contributed by atoms with Crippen LogP contribution in [-0.4, -0.2) is 13.7 Å². The van der Waals surface area contributed by atoms with E-state index in [1.807, 2.05) is 0 Å². The number of nitrogens with zero attached hydrogens (tertiary/aromatic N) is 1. The van der Waals surface area contributed by atoms with Gasteiger partial charge < -0.3 is 9.64 Å². The molecule has 0 spiro atoms. The lowest BCUT2D eigenvalue weighted by Gasteiger charge is -2.23. The summed E-state index contributed by atoms with van der Waals surface area (Å²) in [6.45, 7) is 0.844. The van der Waals surface area contributed by atoms with Crippen LogP contribution < -0.4 is 9.64 Å². The normalized spacial score (nSPS) is 17.0. The second-order valence-electron chi connectivity index (χ2n) is 6.17. The smallest absolute Gasteiger partial charge is 0.124 e. The van der Waals surface area contributed by atoms with E-state index in [4.69, 9.17) is 4.74 Å². The first-order valence-corrected chi connectivity index (χ1v) is 7.91. The van der Waals surface area contributed by atoms with E-state index in [1.165, 1.54) is 35.3 Å². The minimum Gasteiger partial charge on any atom is -0.493 e. The highest BCUT2D eigenvalue weighted by molar-refractivity contribution is 5.65. The Labute approximate surface area is 126 Å². The Balaban J connectivity index is 1.59. The number of fused-ring (bicyclic) bond motifs is 1. The van der Waals surface area contributed by atoms with Crippen molar-refractivity contribution in [3.05, 3.63) is 53.6 Å². The molecule has 0 bridgehead atoms. The van der Waals surface area contributed by atoms with Crippen LogP contribution in [0.5, 0.6) is 5.75 Å². The van der Waals surface area contributed by atoms with E-state index in [9.17, 15) is 0 Å². The second-order valence-corrected chi connectivity index (χ2v) is 6.17. The van der Waals surface area contributed by atoms with E-state index in [-0.39, 0.29) is 0 Å². The van der Waals surface area contributed by atoms with Gasteiger partial charge in [0.1, 0.15) is 5.75 Å². The van der Waals surface area contributed by atoms with Crippen molar-refractivity contribution in [1.82, 2.24) is 0 Å². The Bertz CT molecular complexity index is 643. The van der Waals surface area contributed by atoms with Crippen LogP contribution in [-0.2, 0) is 6.42 Å². The minimum atomic E-state index is 0.821. The van der Waals surface area contributed by atoms with Crippen molar-refractivity contribution in [2.24, 2.45) is 0 Å². The number of rotatable bonds is 3. The third-order valence-electron chi connectivity index (χ3n) is 4.62. The number of aryl methyl sites for hydroxylation is 1. The fourth-order valence-corrected chi connectivity index (χ4v) is 3.07. The summed E-state index contributed by atoms with van der Waals surface area (Å²) in [6.07, 6.45) is 4.98. The summed E-state index contributed by atoms with van der Waals surface area (Å²) in [5, 5.41) is 0. The second kappa shape index (κ2) is 5.10. The van der Waals surface area contributed by atoms with Gasteiger partial charge >= 0.3 is 0 Å². The van der Waals surface area contributed by atoms with Crippen molar-refractivity contribution in [2.75, 3.05) is 18.6 Å². The summed E-state index contributed by atoms with van der Waals surface area (Å²) in [7, 11) is 2.12. The Hall–Kier alpha value is -1.96. The third-order valence-corrected chi connectivity index (χ3v) is 4.62. The zero-order valence-electron chi connectivity index (χ0n) is 12.5. The summed E-state index contributed by atoms with van der Waals surface area (Å²) in [4.78, 5) is 2.23. The SMILES string of the molecule is CN(c1ccc(C2CC2)cc1)c1ccc2c(c1)OCCC2. The lowest BCUT2D eigenvalue weighted by Crippen LogP contribution is -2.12. The molecule has 0 unspecified atom stereocenters. The molecule has 108 valence electrons. The van der Waals surface area contributed by atoms with Crippen LogP contribution in [0.1, 0.15) is 36.3 Å². The average molecular weight is 279 g/mol. The molecule has 0 aromatic heterocycles. The summed E-state index contributed by atoms with van der Waals surface area (Å²) < 4.78 is 5.78. The molecule has 0 amide bonds. The number of anilines is 2. The lowest BCUT2D eigenvalue weighted by atomic mass is 10.1. The standard InChI is InChI=1S/C19H21NO/c1-20(17-9-6-15(7-10-17)14-4-5-14)18-11-8-16-3-2-12-21-19(16)13-18/h6-11,13-14H,2-5,12H2,1H3. The van der Waals surface area contributed by atoms with Crippen molar-refractivity contribution in [3.8, 4) is 5.75 Å². The number of hydrogen-bond donors (Lipinski definition) is 0. The van der Waals surface area contributed by atoms with Crippen molar-refractivity contribution in [2.45, 2.75) is 31.6 Å². The quantitative estimate of drug-likeness (QED) is 0.810. The van der Waals surface area contributed by atoms with Gasteiger partial charge in [0.2, 0.25) is 0 Å². The molecule has 0 radical (unpaired) electrons. The molecule has 2 heteroatoms. The highest BCUT2D eigenvalue weighted by Gasteiger charge is 2.23. The highest BCUT2D eigenvalue weighted by Crippen LogP contribution is 2.40. The molecule has 1 saturated carbocycles. The van der Waals surface area contributed by atoms with Crippen molar-refractivity contribution < 1.29 is 4.74 Å². The maximum absolute atomic E-state index is 5.78. The van der Waals surface area contributed by atoms with Gasteiger partial charge in [-0.15, -0.1) is 0 Å². The minimum absolute atomic E-state index is 0.821. The predicted molar refractivity (Wildman–Crippen MR) is 86.7 cm³/mol. The number of benzene rings is 2. The fourth-order valence-electron chi connectivity index (χ4n) is 3.07.